The van der Waals surface area contributed by atoms with Crippen LogP contribution in [0.5, 0.6) is 0 Å². The molecule has 3 nitrogen and oxygen atoms in total. The Kier molecular flexibility index (Phi) is 4.03. The van der Waals surface area contributed by atoms with Gasteiger partial charge in [0.05, 0.1) is 11.3 Å². The molecule has 2 N–H and O–H groups in total. The van der Waals surface area contributed by atoms with E-state index in [9.17, 15) is 9.18 Å². The fourth-order valence-corrected chi connectivity index (χ4v) is 1.98. The van der Waals surface area contributed by atoms with Gasteiger partial charge in [-0.15, -0.1) is 0 Å². The van der Waals surface area contributed by atoms with E-state index in [1.807, 2.05) is 19.1 Å². The predicted octanol–water partition coefficient (Wildman–Crippen LogP) is 3.74. The molecule has 0 aliphatic heterocycles. The minimum absolute atomic E-state index is 0.184. The first-order valence-electron chi connectivity index (χ1n) is 6.37. The zero-order chi connectivity index (χ0) is 14.7. The molecule has 2 rings (SSSR count). The highest BCUT2D eigenvalue weighted by atomic mass is 19.1. The molecule has 20 heavy (non-hydrogen) atoms. The van der Waals surface area contributed by atoms with Crippen LogP contribution in [-0.2, 0) is 0 Å². The lowest BCUT2D eigenvalue weighted by Crippen LogP contribution is -2.15. The number of carbonyl (C=O) groups is 1. The Morgan fingerprint density at radius 3 is 2.20 bits per heavy atom. The number of halogens is 1. The zero-order valence-corrected chi connectivity index (χ0v) is 11.8. The van der Waals surface area contributed by atoms with Crippen LogP contribution in [0, 0.1) is 19.7 Å². The molecule has 0 saturated carbocycles. The lowest BCUT2D eigenvalue weighted by atomic mass is 10.1. The second-order valence-corrected chi connectivity index (χ2v) is 4.74. The van der Waals surface area contributed by atoms with Crippen molar-refractivity contribution in [2.45, 2.75) is 13.8 Å². The molecule has 0 aliphatic carbocycles. The number of anilines is 2. The van der Waals surface area contributed by atoms with Crippen LogP contribution >= 0.6 is 0 Å². The van der Waals surface area contributed by atoms with E-state index in [-0.39, 0.29) is 11.6 Å². The minimum atomic E-state index is -0.433. The van der Waals surface area contributed by atoms with Crippen LogP contribution < -0.4 is 10.6 Å². The summed E-state index contributed by atoms with van der Waals surface area (Å²) in [4.78, 5) is 12.3. The molecular formula is C16H17FN2O. The minimum Gasteiger partial charge on any atom is -0.387 e. The highest BCUT2D eigenvalue weighted by molar-refractivity contribution is 6.08. The maximum atomic E-state index is 13.8. The average molecular weight is 272 g/mol. The van der Waals surface area contributed by atoms with E-state index in [0.29, 0.717) is 11.3 Å². The van der Waals surface area contributed by atoms with E-state index in [1.165, 1.54) is 6.07 Å². The summed E-state index contributed by atoms with van der Waals surface area (Å²) in [5, 5.41) is 5.56. The summed E-state index contributed by atoms with van der Waals surface area (Å²) in [5.74, 6) is -0.766. The molecule has 0 bridgehead atoms. The van der Waals surface area contributed by atoms with Gasteiger partial charge in [-0.1, -0.05) is 17.7 Å². The van der Waals surface area contributed by atoms with E-state index < -0.39 is 5.82 Å². The van der Waals surface area contributed by atoms with Crippen molar-refractivity contribution in [2.75, 3.05) is 17.7 Å². The summed E-state index contributed by atoms with van der Waals surface area (Å²) in [6.45, 7) is 3.71. The van der Waals surface area contributed by atoms with Gasteiger partial charge in [0.1, 0.15) is 5.82 Å². The van der Waals surface area contributed by atoms with Crippen molar-refractivity contribution in [1.29, 1.82) is 0 Å². The van der Waals surface area contributed by atoms with Crippen LogP contribution in [0.1, 0.15) is 21.5 Å². The third-order valence-corrected chi connectivity index (χ3v) is 3.06. The number of hydrogen-bond donors (Lipinski definition) is 2. The third-order valence-electron chi connectivity index (χ3n) is 3.06. The fourth-order valence-electron chi connectivity index (χ4n) is 1.98. The summed E-state index contributed by atoms with van der Waals surface area (Å²) < 4.78 is 13.8. The summed E-state index contributed by atoms with van der Waals surface area (Å²) in [7, 11) is 1.74. The van der Waals surface area contributed by atoms with Crippen LogP contribution in [0.25, 0.3) is 0 Å². The molecule has 0 aliphatic rings. The smallest absolute Gasteiger partial charge is 0.257 e. The summed E-state index contributed by atoms with van der Waals surface area (Å²) in [6.07, 6.45) is 0. The first kappa shape index (κ1) is 14.1. The van der Waals surface area contributed by atoms with Gasteiger partial charge in [-0.25, -0.2) is 4.39 Å². The molecule has 4 heteroatoms. The van der Waals surface area contributed by atoms with Crippen molar-refractivity contribution in [1.82, 2.24) is 0 Å². The first-order chi connectivity index (χ1) is 9.51. The van der Waals surface area contributed by atoms with Gasteiger partial charge in [-0.3, -0.25) is 4.79 Å². The SMILES string of the molecule is CNc1ccc(C)cc1C(=O)Nc1ccc(C)cc1F. The van der Waals surface area contributed by atoms with Crippen molar-refractivity contribution in [2.24, 2.45) is 0 Å². The van der Waals surface area contributed by atoms with Crippen LogP contribution in [0.2, 0.25) is 0 Å². The molecule has 0 saturated heterocycles. The number of amides is 1. The molecule has 0 atom stereocenters. The van der Waals surface area contributed by atoms with E-state index in [1.54, 1.807) is 32.2 Å². The number of hydrogen-bond acceptors (Lipinski definition) is 2. The van der Waals surface area contributed by atoms with Crippen molar-refractivity contribution in [3.8, 4) is 0 Å². The number of rotatable bonds is 3. The van der Waals surface area contributed by atoms with Gasteiger partial charge >= 0.3 is 0 Å². The van der Waals surface area contributed by atoms with Crippen LogP contribution in [0.4, 0.5) is 15.8 Å². The van der Waals surface area contributed by atoms with E-state index in [2.05, 4.69) is 10.6 Å². The van der Waals surface area contributed by atoms with Gasteiger partial charge in [0, 0.05) is 12.7 Å². The molecule has 104 valence electrons. The lowest BCUT2D eigenvalue weighted by Gasteiger charge is -2.11. The van der Waals surface area contributed by atoms with Crippen LogP contribution in [-0.4, -0.2) is 13.0 Å². The molecule has 0 heterocycles. The fraction of sp³-hybridized carbons (Fsp3) is 0.188. The van der Waals surface area contributed by atoms with Crippen LogP contribution in [0.3, 0.4) is 0 Å². The normalized spacial score (nSPS) is 10.2. The highest BCUT2D eigenvalue weighted by Gasteiger charge is 2.13. The second-order valence-electron chi connectivity index (χ2n) is 4.74. The van der Waals surface area contributed by atoms with Gasteiger partial charge in [-0.2, -0.15) is 0 Å². The summed E-state index contributed by atoms with van der Waals surface area (Å²) in [5.41, 5.74) is 3.17. The Hall–Kier alpha value is -2.36. The van der Waals surface area contributed by atoms with E-state index in [0.717, 1.165) is 11.1 Å². The largest absolute Gasteiger partial charge is 0.387 e. The summed E-state index contributed by atoms with van der Waals surface area (Å²) >= 11 is 0. The molecule has 1 amide bonds. The number of benzene rings is 2. The molecule has 0 radical (unpaired) electrons. The Labute approximate surface area is 117 Å². The molecule has 0 spiro atoms. The predicted molar refractivity (Wildman–Crippen MR) is 79.8 cm³/mol. The van der Waals surface area contributed by atoms with Gasteiger partial charge in [-0.05, 0) is 43.7 Å². The first-order valence-corrected chi connectivity index (χ1v) is 6.37. The standard InChI is InChI=1S/C16H17FN2O/c1-10-4-6-14(18-3)12(8-10)16(20)19-15-7-5-11(2)9-13(15)17/h4-9,18H,1-3H3,(H,19,20). The summed E-state index contributed by atoms with van der Waals surface area (Å²) in [6, 6.07) is 10.2. The average Bonchev–Trinajstić information content (AvgIpc) is 2.41. The molecule has 0 unspecified atom stereocenters. The second kappa shape index (κ2) is 5.74. The monoisotopic (exact) mass is 272 g/mol. The molecule has 2 aromatic rings. The molecule has 2 aromatic carbocycles. The quantitative estimate of drug-likeness (QED) is 0.893. The molecule has 0 fully saturated rings. The van der Waals surface area contributed by atoms with Crippen molar-refractivity contribution >= 4 is 17.3 Å². The van der Waals surface area contributed by atoms with Gasteiger partial charge in [0.2, 0.25) is 0 Å². The number of aryl methyl sites for hydroxylation is 2. The highest BCUT2D eigenvalue weighted by Crippen LogP contribution is 2.20. The van der Waals surface area contributed by atoms with Gasteiger partial charge in [0.15, 0.2) is 0 Å². The molecule has 0 aromatic heterocycles. The van der Waals surface area contributed by atoms with Crippen molar-refractivity contribution in [3.63, 3.8) is 0 Å². The lowest BCUT2D eigenvalue weighted by molar-refractivity contribution is 0.102. The topological polar surface area (TPSA) is 41.1 Å². The maximum absolute atomic E-state index is 13.8. The maximum Gasteiger partial charge on any atom is 0.257 e. The Morgan fingerprint density at radius 2 is 1.60 bits per heavy atom. The van der Waals surface area contributed by atoms with Gasteiger partial charge in [0.25, 0.3) is 5.91 Å². The van der Waals surface area contributed by atoms with E-state index in [4.69, 9.17) is 0 Å². The van der Waals surface area contributed by atoms with E-state index >= 15 is 0 Å². The van der Waals surface area contributed by atoms with Crippen molar-refractivity contribution < 1.29 is 9.18 Å². The number of nitrogens with one attached hydrogen (secondary N) is 2. The number of carbonyl (C=O) groups excluding carboxylic acids is 1. The third kappa shape index (κ3) is 2.96. The van der Waals surface area contributed by atoms with Crippen molar-refractivity contribution in [3.05, 3.63) is 58.9 Å². The molecular weight excluding hydrogens is 255 g/mol. The van der Waals surface area contributed by atoms with Crippen LogP contribution in [0.15, 0.2) is 36.4 Å². The Morgan fingerprint density at radius 1 is 1.00 bits per heavy atom. The van der Waals surface area contributed by atoms with Gasteiger partial charge < -0.3 is 10.6 Å². The Bertz CT molecular complexity index is 653. The zero-order valence-electron chi connectivity index (χ0n) is 11.8. The Balaban J connectivity index is 2.30.